The number of carboxylic acid groups (broad SMARTS) is 1. The predicted octanol–water partition coefficient (Wildman–Crippen LogP) is 2.49. The van der Waals surface area contributed by atoms with Crippen LogP contribution in [0.2, 0.25) is 0 Å². The largest absolute Gasteiger partial charge is 0.477 e. The second kappa shape index (κ2) is 6.57. The highest BCUT2D eigenvalue weighted by Crippen LogP contribution is 2.41. The van der Waals surface area contributed by atoms with Gasteiger partial charge in [-0.2, -0.15) is 0 Å². The van der Waals surface area contributed by atoms with E-state index < -0.39 is 51.0 Å². The molecule has 0 radical (unpaired) electrons. The molecule has 0 bridgehead atoms. The molecule has 1 unspecified atom stereocenters. The number of rotatable bonds is 4. The molecule has 1 aromatic carbocycles. The number of fused-ring (bicyclic) bond motifs is 1. The van der Waals surface area contributed by atoms with Gasteiger partial charge in [-0.1, -0.05) is 5.21 Å². The van der Waals surface area contributed by atoms with Crippen LogP contribution in [0.3, 0.4) is 0 Å². The lowest BCUT2D eigenvalue weighted by atomic mass is 10.1. The standard InChI is InChI=1S/C19H16F3N5O3/c20-13-12-16(26(9-1-2-9)8-11(18(12)28)19(29)30)15(22)17(14(13)21)25-5-3-10(7-25)27-6-4-23-24-27/h4,6,8-10H,1-3,5,7H2,(H,29,30). The maximum absolute atomic E-state index is 15.6. The second-order valence-corrected chi connectivity index (χ2v) is 7.60. The van der Waals surface area contributed by atoms with Gasteiger partial charge >= 0.3 is 5.97 Å². The summed E-state index contributed by atoms with van der Waals surface area (Å²) in [7, 11) is 0. The number of anilines is 1. The quantitative estimate of drug-likeness (QED) is 0.654. The smallest absolute Gasteiger partial charge is 0.341 e. The normalized spacial score (nSPS) is 19.0. The number of benzene rings is 1. The number of nitrogens with zero attached hydrogens (tertiary/aromatic N) is 5. The third-order valence-electron chi connectivity index (χ3n) is 5.74. The minimum absolute atomic E-state index is 0.184. The number of hydrogen-bond donors (Lipinski definition) is 1. The molecule has 1 atom stereocenters. The zero-order valence-electron chi connectivity index (χ0n) is 15.6. The first-order chi connectivity index (χ1) is 14.4. The summed E-state index contributed by atoms with van der Waals surface area (Å²) < 4.78 is 48.5. The van der Waals surface area contributed by atoms with Crippen molar-refractivity contribution < 1.29 is 23.1 Å². The fourth-order valence-electron chi connectivity index (χ4n) is 4.13. The average Bonchev–Trinajstić information content (AvgIpc) is 3.20. The van der Waals surface area contributed by atoms with Crippen LogP contribution in [0.15, 0.2) is 23.4 Å². The molecule has 8 nitrogen and oxygen atoms in total. The third kappa shape index (κ3) is 2.68. The highest BCUT2D eigenvalue weighted by molar-refractivity contribution is 5.94. The number of pyridine rings is 1. The Morgan fingerprint density at radius 3 is 2.50 bits per heavy atom. The summed E-state index contributed by atoms with van der Waals surface area (Å²) in [4.78, 5) is 25.3. The van der Waals surface area contributed by atoms with Gasteiger partial charge in [-0.15, -0.1) is 5.10 Å². The van der Waals surface area contributed by atoms with Crippen molar-refractivity contribution in [2.75, 3.05) is 18.0 Å². The first kappa shape index (κ1) is 18.6. The van der Waals surface area contributed by atoms with Crippen LogP contribution in [0, 0.1) is 17.5 Å². The molecule has 30 heavy (non-hydrogen) atoms. The van der Waals surface area contributed by atoms with Crippen molar-refractivity contribution in [1.82, 2.24) is 19.6 Å². The third-order valence-corrected chi connectivity index (χ3v) is 5.74. The molecule has 0 spiro atoms. The molecule has 0 amide bonds. The summed E-state index contributed by atoms with van der Waals surface area (Å²) in [6.45, 7) is 0.438. The Kier molecular flexibility index (Phi) is 4.09. The summed E-state index contributed by atoms with van der Waals surface area (Å²) in [5.74, 6) is -5.67. The number of carbonyl (C=O) groups is 1. The van der Waals surface area contributed by atoms with Gasteiger partial charge in [-0.05, 0) is 19.3 Å². The maximum Gasteiger partial charge on any atom is 0.341 e. The lowest BCUT2D eigenvalue weighted by Crippen LogP contribution is -2.26. The topological polar surface area (TPSA) is 93.2 Å². The van der Waals surface area contributed by atoms with Crippen LogP contribution in [-0.2, 0) is 0 Å². The molecule has 1 aliphatic heterocycles. The Morgan fingerprint density at radius 2 is 1.87 bits per heavy atom. The van der Waals surface area contributed by atoms with E-state index in [0.717, 1.165) is 6.20 Å². The van der Waals surface area contributed by atoms with Crippen LogP contribution in [0.1, 0.15) is 41.7 Å². The second-order valence-electron chi connectivity index (χ2n) is 7.60. The van der Waals surface area contributed by atoms with Gasteiger partial charge in [0.2, 0.25) is 5.43 Å². The van der Waals surface area contributed by atoms with Crippen molar-refractivity contribution in [2.45, 2.75) is 31.3 Å². The van der Waals surface area contributed by atoms with Crippen molar-refractivity contribution in [3.8, 4) is 0 Å². The van der Waals surface area contributed by atoms with Crippen LogP contribution >= 0.6 is 0 Å². The average molecular weight is 419 g/mol. The van der Waals surface area contributed by atoms with Crippen molar-refractivity contribution in [2.24, 2.45) is 0 Å². The van der Waals surface area contributed by atoms with Crippen molar-refractivity contribution in [3.63, 3.8) is 0 Å². The number of hydrogen-bond acceptors (Lipinski definition) is 5. The Hall–Kier alpha value is -3.37. The fourth-order valence-corrected chi connectivity index (χ4v) is 4.13. The van der Waals surface area contributed by atoms with Crippen LogP contribution < -0.4 is 10.3 Å². The molecule has 5 rings (SSSR count). The maximum atomic E-state index is 15.6. The number of halogens is 3. The molecule has 156 valence electrons. The Bertz CT molecular complexity index is 1240. The Balaban J connectivity index is 1.71. The number of aromatic nitrogens is 4. The van der Waals surface area contributed by atoms with Gasteiger partial charge in [-0.3, -0.25) is 4.79 Å². The van der Waals surface area contributed by atoms with Gasteiger partial charge in [0.15, 0.2) is 17.5 Å². The zero-order chi connectivity index (χ0) is 21.2. The molecule has 1 saturated carbocycles. The van der Waals surface area contributed by atoms with E-state index in [9.17, 15) is 19.1 Å². The number of carboxylic acids is 1. The summed E-state index contributed by atoms with van der Waals surface area (Å²) >= 11 is 0. The lowest BCUT2D eigenvalue weighted by Gasteiger charge is -2.23. The summed E-state index contributed by atoms with van der Waals surface area (Å²) in [5.41, 5.74) is -2.91. The van der Waals surface area contributed by atoms with E-state index in [2.05, 4.69) is 10.3 Å². The molecule has 3 heterocycles. The van der Waals surface area contributed by atoms with Gasteiger partial charge in [0, 0.05) is 31.5 Å². The van der Waals surface area contributed by atoms with Crippen LogP contribution in [-0.4, -0.2) is 43.7 Å². The molecular formula is C19H16F3N5O3. The highest BCUT2D eigenvalue weighted by atomic mass is 19.2. The highest BCUT2D eigenvalue weighted by Gasteiger charge is 2.35. The van der Waals surface area contributed by atoms with E-state index in [1.54, 1.807) is 10.9 Å². The fraction of sp³-hybridized carbons (Fsp3) is 0.368. The SMILES string of the molecule is O=C(O)c1cn(C2CC2)c2c(F)c(N3CCC(n4ccnn4)C3)c(F)c(F)c2c1=O. The molecule has 1 aliphatic carbocycles. The van der Waals surface area contributed by atoms with Crippen molar-refractivity contribution in [1.29, 1.82) is 0 Å². The molecule has 2 aromatic heterocycles. The molecule has 2 aliphatic rings. The Labute approximate surface area is 167 Å². The van der Waals surface area contributed by atoms with Gasteiger partial charge in [0.05, 0.1) is 23.1 Å². The first-order valence-electron chi connectivity index (χ1n) is 9.47. The van der Waals surface area contributed by atoms with Gasteiger partial charge < -0.3 is 14.6 Å². The minimum atomic E-state index is -1.57. The molecule has 2 fully saturated rings. The van der Waals surface area contributed by atoms with Gasteiger partial charge in [-0.25, -0.2) is 22.6 Å². The van der Waals surface area contributed by atoms with E-state index in [1.165, 1.54) is 15.7 Å². The van der Waals surface area contributed by atoms with Gasteiger partial charge in [0.1, 0.15) is 11.3 Å². The lowest BCUT2D eigenvalue weighted by molar-refractivity contribution is 0.0694. The predicted molar refractivity (Wildman–Crippen MR) is 99.2 cm³/mol. The molecule has 1 saturated heterocycles. The number of aromatic carboxylic acids is 1. The van der Waals surface area contributed by atoms with E-state index >= 15 is 8.78 Å². The molecule has 3 aromatic rings. The minimum Gasteiger partial charge on any atom is -0.477 e. The monoisotopic (exact) mass is 419 g/mol. The van der Waals surface area contributed by atoms with Crippen LogP contribution in [0.4, 0.5) is 18.9 Å². The Morgan fingerprint density at radius 1 is 1.10 bits per heavy atom. The summed E-state index contributed by atoms with van der Waals surface area (Å²) in [6.07, 6.45) is 5.94. The van der Waals surface area contributed by atoms with Crippen LogP contribution in [0.5, 0.6) is 0 Å². The van der Waals surface area contributed by atoms with E-state index in [-0.39, 0.29) is 25.2 Å². The molecular weight excluding hydrogens is 403 g/mol. The van der Waals surface area contributed by atoms with E-state index in [4.69, 9.17) is 0 Å². The summed E-state index contributed by atoms with van der Waals surface area (Å²) in [6, 6.07) is -0.454. The summed E-state index contributed by atoms with van der Waals surface area (Å²) in [5, 5.41) is 16.0. The van der Waals surface area contributed by atoms with E-state index in [1.807, 2.05) is 0 Å². The van der Waals surface area contributed by atoms with Crippen molar-refractivity contribution in [3.05, 3.63) is 51.8 Å². The molecule has 1 N–H and O–H groups in total. The first-order valence-corrected chi connectivity index (χ1v) is 9.47. The van der Waals surface area contributed by atoms with E-state index in [0.29, 0.717) is 19.3 Å². The zero-order valence-corrected chi connectivity index (χ0v) is 15.6. The molecule has 11 heteroatoms. The van der Waals surface area contributed by atoms with Crippen LogP contribution in [0.25, 0.3) is 10.9 Å². The van der Waals surface area contributed by atoms with Gasteiger partial charge in [0.25, 0.3) is 0 Å². The van der Waals surface area contributed by atoms with Crippen molar-refractivity contribution >= 4 is 22.6 Å².